The standard InChI is InChI=1S/C11H11NO5S/c13-8-10-3-4-11(17-10)18(14,15)12-6-5-9-2-1-7-16-9/h1-4,7-8,12H,5-6H2. The van der Waals surface area contributed by atoms with E-state index in [0.717, 1.165) is 0 Å². The van der Waals surface area contributed by atoms with Crippen molar-refractivity contribution in [3.05, 3.63) is 42.0 Å². The van der Waals surface area contributed by atoms with Gasteiger partial charge in [-0.3, -0.25) is 4.79 Å². The first-order valence-corrected chi connectivity index (χ1v) is 6.67. The molecule has 0 bridgehead atoms. The fourth-order valence-electron chi connectivity index (χ4n) is 1.38. The minimum absolute atomic E-state index is 0.0265. The van der Waals surface area contributed by atoms with Crippen molar-refractivity contribution in [1.82, 2.24) is 4.72 Å². The Hall–Kier alpha value is -1.86. The summed E-state index contributed by atoms with van der Waals surface area (Å²) in [4.78, 5) is 10.4. The molecule has 2 rings (SSSR count). The van der Waals surface area contributed by atoms with Gasteiger partial charge in [-0.05, 0) is 24.3 Å². The third kappa shape index (κ3) is 2.88. The number of nitrogens with one attached hydrogen (secondary N) is 1. The molecule has 7 heteroatoms. The molecule has 0 unspecified atom stereocenters. The summed E-state index contributed by atoms with van der Waals surface area (Å²) >= 11 is 0. The highest BCUT2D eigenvalue weighted by Crippen LogP contribution is 2.12. The number of hydrogen-bond donors (Lipinski definition) is 1. The van der Waals surface area contributed by atoms with Crippen LogP contribution in [0.3, 0.4) is 0 Å². The molecule has 0 amide bonds. The molecule has 2 heterocycles. The average molecular weight is 269 g/mol. The summed E-state index contributed by atoms with van der Waals surface area (Å²) in [5, 5.41) is -0.274. The highest BCUT2D eigenvalue weighted by molar-refractivity contribution is 7.89. The second-order valence-electron chi connectivity index (χ2n) is 3.50. The lowest BCUT2D eigenvalue weighted by atomic mass is 10.3. The van der Waals surface area contributed by atoms with Crippen LogP contribution in [0.1, 0.15) is 16.3 Å². The van der Waals surface area contributed by atoms with Crippen LogP contribution in [0.2, 0.25) is 0 Å². The Balaban J connectivity index is 1.97. The van der Waals surface area contributed by atoms with Gasteiger partial charge in [0, 0.05) is 13.0 Å². The van der Waals surface area contributed by atoms with Gasteiger partial charge in [0.15, 0.2) is 12.0 Å². The number of furan rings is 2. The molecule has 0 aliphatic carbocycles. The van der Waals surface area contributed by atoms with E-state index in [-0.39, 0.29) is 17.4 Å². The van der Waals surface area contributed by atoms with Crippen LogP contribution in [0.15, 0.2) is 44.5 Å². The molecule has 0 aliphatic rings. The third-order valence-corrected chi connectivity index (χ3v) is 3.56. The maximum Gasteiger partial charge on any atom is 0.273 e. The number of hydrogen-bond acceptors (Lipinski definition) is 5. The van der Waals surface area contributed by atoms with Gasteiger partial charge in [0.25, 0.3) is 10.0 Å². The largest absolute Gasteiger partial charge is 0.469 e. The number of aldehydes is 1. The molecule has 0 saturated heterocycles. The van der Waals surface area contributed by atoms with Crippen molar-refractivity contribution in [3.63, 3.8) is 0 Å². The quantitative estimate of drug-likeness (QED) is 0.796. The fourth-order valence-corrected chi connectivity index (χ4v) is 2.34. The van der Waals surface area contributed by atoms with Gasteiger partial charge in [-0.15, -0.1) is 0 Å². The van der Waals surface area contributed by atoms with Gasteiger partial charge in [0.1, 0.15) is 5.76 Å². The van der Waals surface area contributed by atoms with E-state index in [9.17, 15) is 13.2 Å². The van der Waals surface area contributed by atoms with E-state index in [1.165, 1.54) is 18.4 Å². The Morgan fingerprint density at radius 1 is 1.28 bits per heavy atom. The first kappa shape index (κ1) is 12.6. The highest BCUT2D eigenvalue weighted by Gasteiger charge is 2.18. The summed E-state index contributed by atoms with van der Waals surface area (Å²) in [6.07, 6.45) is 2.40. The summed E-state index contributed by atoms with van der Waals surface area (Å²) in [5.74, 6) is 0.659. The third-order valence-electron chi connectivity index (χ3n) is 2.23. The molecule has 0 atom stereocenters. The smallest absolute Gasteiger partial charge is 0.273 e. The van der Waals surface area contributed by atoms with Gasteiger partial charge in [0.2, 0.25) is 5.09 Å². The van der Waals surface area contributed by atoms with Crippen molar-refractivity contribution >= 4 is 16.3 Å². The summed E-state index contributed by atoms with van der Waals surface area (Å²) in [6.45, 7) is 0.187. The molecule has 0 fully saturated rings. The summed E-state index contributed by atoms with van der Waals surface area (Å²) < 4.78 is 35.7. The number of sulfonamides is 1. The van der Waals surface area contributed by atoms with E-state index in [1.54, 1.807) is 12.1 Å². The van der Waals surface area contributed by atoms with Crippen LogP contribution in [0.5, 0.6) is 0 Å². The Morgan fingerprint density at radius 2 is 2.11 bits per heavy atom. The lowest BCUT2D eigenvalue weighted by Crippen LogP contribution is -2.25. The van der Waals surface area contributed by atoms with Crippen molar-refractivity contribution in [1.29, 1.82) is 0 Å². The van der Waals surface area contributed by atoms with Gasteiger partial charge in [-0.1, -0.05) is 0 Å². The van der Waals surface area contributed by atoms with Crippen LogP contribution in [0.4, 0.5) is 0 Å². The zero-order chi connectivity index (χ0) is 13.0. The molecule has 96 valence electrons. The van der Waals surface area contributed by atoms with Crippen molar-refractivity contribution < 1.29 is 22.0 Å². The topological polar surface area (TPSA) is 89.5 Å². The molecular weight excluding hydrogens is 258 g/mol. The number of carbonyl (C=O) groups excluding carboxylic acids is 1. The van der Waals surface area contributed by atoms with Crippen molar-refractivity contribution in [2.24, 2.45) is 0 Å². The lowest BCUT2D eigenvalue weighted by molar-refractivity contribution is 0.109. The van der Waals surface area contributed by atoms with Crippen LogP contribution in [-0.4, -0.2) is 21.2 Å². The first-order chi connectivity index (χ1) is 8.62. The van der Waals surface area contributed by atoms with Crippen molar-refractivity contribution in [2.75, 3.05) is 6.54 Å². The lowest BCUT2D eigenvalue weighted by Gasteiger charge is -2.02. The molecule has 0 radical (unpaired) electrons. The molecule has 18 heavy (non-hydrogen) atoms. The summed E-state index contributed by atoms with van der Waals surface area (Å²) in [7, 11) is -3.72. The Bertz CT molecular complexity index is 612. The molecule has 0 spiro atoms. The Kier molecular flexibility index (Phi) is 3.63. The number of rotatable bonds is 6. The van der Waals surface area contributed by atoms with Gasteiger partial charge in [0.05, 0.1) is 6.26 Å². The van der Waals surface area contributed by atoms with Gasteiger partial charge in [-0.25, -0.2) is 13.1 Å². The zero-order valence-corrected chi connectivity index (χ0v) is 10.1. The summed E-state index contributed by atoms with van der Waals surface area (Å²) in [5.41, 5.74) is 0. The van der Waals surface area contributed by atoms with E-state index >= 15 is 0 Å². The maximum atomic E-state index is 11.7. The SMILES string of the molecule is O=Cc1ccc(S(=O)(=O)NCCc2ccco2)o1. The van der Waals surface area contributed by atoms with Crippen molar-refractivity contribution in [3.8, 4) is 0 Å². The highest BCUT2D eigenvalue weighted by atomic mass is 32.2. The first-order valence-electron chi connectivity index (χ1n) is 5.19. The Labute approximate surface area is 104 Å². The molecule has 6 nitrogen and oxygen atoms in total. The minimum atomic E-state index is -3.72. The molecular formula is C11H11NO5S. The van der Waals surface area contributed by atoms with Crippen molar-refractivity contribution in [2.45, 2.75) is 11.5 Å². The average Bonchev–Trinajstić information content (AvgIpc) is 2.99. The minimum Gasteiger partial charge on any atom is -0.469 e. The maximum absolute atomic E-state index is 11.7. The molecule has 0 aliphatic heterocycles. The van der Waals surface area contributed by atoms with E-state index in [1.807, 2.05) is 0 Å². The van der Waals surface area contributed by atoms with E-state index in [2.05, 4.69) is 4.72 Å². The monoisotopic (exact) mass is 269 g/mol. The van der Waals surface area contributed by atoms with Gasteiger partial charge < -0.3 is 8.83 Å². The molecule has 0 saturated carbocycles. The van der Waals surface area contributed by atoms with Crippen LogP contribution in [0, 0.1) is 0 Å². The Morgan fingerprint density at radius 3 is 2.72 bits per heavy atom. The van der Waals surface area contributed by atoms with E-state index < -0.39 is 10.0 Å². The van der Waals surface area contributed by atoms with Gasteiger partial charge >= 0.3 is 0 Å². The van der Waals surface area contributed by atoms with Crippen LogP contribution >= 0.6 is 0 Å². The van der Waals surface area contributed by atoms with Crippen LogP contribution in [0.25, 0.3) is 0 Å². The normalized spacial score (nSPS) is 11.6. The molecule has 2 aromatic rings. The van der Waals surface area contributed by atoms with E-state index in [4.69, 9.17) is 8.83 Å². The molecule has 2 aromatic heterocycles. The summed E-state index contributed by atoms with van der Waals surface area (Å²) in [6, 6.07) is 6.02. The van der Waals surface area contributed by atoms with E-state index in [0.29, 0.717) is 18.5 Å². The predicted molar refractivity (Wildman–Crippen MR) is 61.7 cm³/mol. The molecule has 1 N–H and O–H groups in total. The zero-order valence-electron chi connectivity index (χ0n) is 9.33. The second kappa shape index (κ2) is 5.19. The van der Waals surface area contributed by atoms with Gasteiger partial charge in [-0.2, -0.15) is 0 Å². The predicted octanol–water partition coefficient (Wildman–Crippen LogP) is 1.21. The second-order valence-corrected chi connectivity index (χ2v) is 5.20. The molecule has 0 aromatic carbocycles. The number of carbonyl (C=O) groups is 1. The van der Waals surface area contributed by atoms with Crippen LogP contribution in [-0.2, 0) is 16.4 Å². The van der Waals surface area contributed by atoms with Crippen LogP contribution < -0.4 is 4.72 Å². The fraction of sp³-hybridized carbons (Fsp3) is 0.182.